The van der Waals surface area contributed by atoms with Crippen LogP contribution in [0.25, 0.3) is 0 Å². The number of ether oxygens (including phenoxy) is 3. The average molecular weight is 414 g/mol. The third kappa shape index (κ3) is 5.47. The van der Waals surface area contributed by atoms with Crippen molar-refractivity contribution in [3.05, 3.63) is 0 Å². The Bertz CT molecular complexity index is 506. The largest absolute Gasteiger partial charge is 0.697 e. The van der Waals surface area contributed by atoms with E-state index in [2.05, 4.69) is 0 Å². The monoisotopic (exact) mass is 414 g/mol. The summed E-state index contributed by atoms with van der Waals surface area (Å²) in [7, 11) is -3.54. The Kier molecular flexibility index (Phi) is 8.47. The zero-order valence-corrected chi connectivity index (χ0v) is 17.4. The molecular formula is C15H28O9P2+2. The second kappa shape index (κ2) is 9.92. The summed E-state index contributed by atoms with van der Waals surface area (Å²) < 4.78 is 55.5. The Morgan fingerprint density at radius 1 is 0.885 bits per heavy atom. The Morgan fingerprint density at radius 2 is 1.38 bits per heavy atom. The van der Waals surface area contributed by atoms with E-state index in [1.807, 2.05) is 27.7 Å². The maximum atomic E-state index is 12.3. The van der Waals surface area contributed by atoms with Crippen molar-refractivity contribution in [2.24, 2.45) is 11.8 Å². The molecule has 10 atom stereocenters. The van der Waals surface area contributed by atoms with Gasteiger partial charge in [-0.2, -0.15) is 0 Å². The molecular weight excluding hydrogens is 386 g/mol. The third-order valence-corrected chi connectivity index (χ3v) is 6.35. The van der Waals surface area contributed by atoms with E-state index in [4.69, 9.17) is 32.7 Å². The zero-order valence-electron chi connectivity index (χ0n) is 15.6. The molecule has 2 aliphatic rings. The number of rotatable bonds is 9. The molecule has 0 aromatic carbocycles. The van der Waals surface area contributed by atoms with E-state index in [0.717, 1.165) is 0 Å². The molecule has 0 amide bonds. The van der Waals surface area contributed by atoms with Gasteiger partial charge in [-0.1, -0.05) is 13.8 Å². The van der Waals surface area contributed by atoms with Gasteiger partial charge in [0.25, 0.3) is 0 Å². The van der Waals surface area contributed by atoms with E-state index in [1.54, 1.807) is 7.11 Å². The number of hydrogen-bond acceptors (Lipinski definition) is 8. The van der Waals surface area contributed by atoms with Crippen LogP contribution in [-0.2, 0) is 36.9 Å². The van der Waals surface area contributed by atoms with Crippen molar-refractivity contribution < 1.29 is 41.8 Å². The summed E-state index contributed by atoms with van der Waals surface area (Å²) >= 11 is 0. The Labute approximate surface area is 155 Å². The van der Waals surface area contributed by atoms with Crippen molar-refractivity contribution in [3.63, 3.8) is 0 Å². The van der Waals surface area contributed by atoms with Gasteiger partial charge in [0.1, 0.15) is 31.5 Å². The predicted octanol–water partition coefficient (Wildman–Crippen LogP) is 2.57. The quantitative estimate of drug-likeness (QED) is 0.569. The first-order chi connectivity index (χ1) is 12.2. The van der Waals surface area contributed by atoms with Crippen LogP contribution in [0.15, 0.2) is 0 Å². The highest BCUT2D eigenvalue weighted by Crippen LogP contribution is 2.39. The van der Waals surface area contributed by atoms with E-state index in [9.17, 15) is 9.13 Å². The maximum absolute atomic E-state index is 12.3. The van der Waals surface area contributed by atoms with Crippen molar-refractivity contribution in [1.82, 2.24) is 0 Å². The van der Waals surface area contributed by atoms with Gasteiger partial charge in [0.2, 0.25) is 0 Å². The van der Waals surface area contributed by atoms with Gasteiger partial charge in [0.05, 0.1) is 18.3 Å². The molecule has 0 aromatic rings. The number of hydrogen-bond donors (Lipinski definition) is 1. The standard InChI is InChI=1S/C15H27O9P2/c1-8-10(3)22-12(14(8)19-5)7-21-26(18)24-15-9(2)11(4)23-13(15)6-20-25(16)17/h8-15H,6-7H2,1-5H3/q+1/p+1/t8-,9-,10+,11+,12-,13-,14?,15?/m1/s1. The van der Waals surface area contributed by atoms with E-state index < -0.39 is 28.7 Å². The molecule has 150 valence electrons. The molecule has 2 fully saturated rings. The molecule has 0 radical (unpaired) electrons. The van der Waals surface area contributed by atoms with Crippen LogP contribution in [0.2, 0.25) is 0 Å². The molecule has 0 spiro atoms. The molecule has 2 heterocycles. The summed E-state index contributed by atoms with van der Waals surface area (Å²) in [4.78, 5) is 8.79. The van der Waals surface area contributed by atoms with Gasteiger partial charge < -0.3 is 14.2 Å². The molecule has 0 aliphatic carbocycles. The van der Waals surface area contributed by atoms with Crippen LogP contribution in [0.4, 0.5) is 0 Å². The van der Waals surface area contributed by atoms with E-state index in [-0.39, 0.29) is 49.5 Å². The second-order valence-corrected chi connectivity index (χ2v) is 8.45. The van der Waals surface area contributed by atoms with Gasteiger partial charge in [-0.15, -0.1) is 18.5 Å². The first-order valence-electron chi connectivity index (χ1n) is 8.64. The second-order valence-electron chi connectivity index (χ2n) is 6.80. The molecule has 1 N–H and O–H groups in total. The normalized spacial score (nSPS) is 41.5. The fourth-order valence-corrected chi connectivity index (χ4v) is 4.50. The first kappa shape index (κ1) is 22.2. The average Bonchev–Trinajstić information content (AvgIpc) is 3.01. The predicted molar refractivity (Wildman–Crippen MR) is 92.0 cm³/mol. The Hall–Kier alpha value is -0.0800. The van der Waals surface area contributed by atoms with Crippen molar-refractivity contribution in [3.8, 4) is 0 Å². The minimum Gasteiger partial charge on any atom is -0.378 e. The molecule has 0 saturated carbocycles. The summed E-state index contributed by atoms with van der Waals surface area (Å²) in [6, 6.07) is 0. The highest BCUT2D eigenvalue weighted by atomic mass is 31.1. The summed E-state index contributed by atoms with van der Waals surface area (Å²) in [5.41, 5.74) is 0. The molecule has 11 heteroatoms. The van der Waals surface area contributed by atoms with Crippen LogP contribution in [0.3, 0.4) is 0 Å². The molecule has 0 bridgehead atoms. The molecule has 2 saturated heterocycles. The summed E-state index contributed by atoms with van der Waals surface area (Å²) in [5, 5.41) is 0. The van der Waals surface area contributed by atoms with Gasteiger partial charge in [-0.3, -0.25) is 0 Å². The van der Waals surface area contributed by atoms with E-state index in [0.29, 0.717) is 0 Å². The van der Waals surface area contributed by atoms with Crippen LogP contribution in [0.5, 0.6) is 0 Å². The highest BCUT2D eigenvalue weighted by Gasteiger charge is 2.48. The summed E-state index contributed by atoms with van der Waals surface area (Å²) in [5.74, 6) is 0.135. The van der Waals surface area contributed by atoms with Gasteiger partial charge in [-0.05, 0) is 13.8 Å². The van der Waals surface area contributed by atoms with Crippen LogP contribution in [-0.4, -0.2) is 61.8 Å². The van der Waals surface area contributed by atoms with E-state index >= 15 is 0 Å². The summed E-state index contributed by atoms with van der Waals surface area (Å²) in [6.07, 6.45) is -1.75. The van der Waals surface area contributed by atoms with E-state index in [1.165, 1.54) is 0 Å². The minimum atomic E-state index is -2.73. The van der Waals surface area contributed by atoms with Gasteiger partial charge in [-0.25, -0.2) is 0 Å². The van der Waals surface area contributed by atoms with Crippen LogP contribution in [0.1, 0.15) is 27.7 Å². The highest BCUT2D eigenvalue weighted by molar-refractivity contribution is 7.33. The first-order valence-corrected chi connectivity index (χ1v) is 10.9. The molecule has 26 heavy (non-hydrogen) atoms. The SMILES string of the molecule is COC1[C@@H](CO[P+](=O)OC2[C@@H](CO[P+](=O)O)O[C@@H](C)[C@H]2C)O[C@@H](C)[C@H]1C. The van der Waals surface area contributed by atoms with Crippen LogP contribution >= 0.6 is 16.5 Å². The third-order valence-electron chi connectivity index (χ3n) is 5.20. The minimum absolute atomic E-state index is 0.0263. The molecule has 2 aliphatic heterocycles. The van der Waals surface area contributed by atoms with Gasteiger partial charge in [0.15, 0.2) is 0 Å². The van der Waals surface area contributed by atoms with Crippen molar-refractivity contribution in [2.45, 2.75) is 64.3 Å². The van der Waals surface area contributed by atoms with Crippen molar-refractivity contribution in [2.75, 3.05) is 20.3 Å². The fourth-order valence-electron chi connectivity index (χ4n) is 3.37. The fraction of sp³-hybridized carbons (Fsp3) is 1.00. The lowest BCUT2D eigenvalue weighted by molar-refractivity contribution is -0.0317. The molecule has 9 nitrogen and oxygen atoms in total. The Balaban J connectivity index is 1.86. The van der Waals surface area contributed by atoms with Crippen LogP contribution < -0.4 is 0 Å². The summed E-state index contributed by atoms with van der Waals surface area (Å²) in [6.45, 7) is 7.70. The lowest BCUT2D eigenvalue weighted by Crippen LogP contribution is -2.32. The smallest absolute Gasteiger partial charge is 0.378 e. The molecule has 4 unspecified atom stereocenters. The molecule has 2 rings (SSSR count). The lowest BCUT2D eigenvalue weighted by Gasteiger charge is -2.17. The Morgan fingerprint density at radius 3 is 1.92 bits per heavy atom. The maximum Gasteiger partial charge on any atom is 0.697 e. The topological polar surface area (TPSA) is 110 Å². The van der Waals surface area contributed by atoms with Crippen molar-refractivity contribution in [1.29, 1.82) is 0 Å². The molecule has 0 aromatic heterocycles. The lowest BCUT2D eigenvalue weighted by atomic mass is 9.99. The van der Waals surface area contributed by atoms with Gasteiger partial charge in [0, 0.05) is 28.1 Å². The number of methoxy groups -OCH3 is 1. The van der Waals surface area contributed by atoms with Crippen LogP contribution in [0, 0.1) is 11.8 Å². The zero-order chi connectivity index (χ0) is 19.4. The van der Waals surface area contributed by atoms with Crippen molar-refractivity contribution >= 4 is 16.5 Å². The van der Waals surface area contributed by atoms with Gasteiger partial charge >= 0.3 is 16.5 Å².